The van der Waals surface area contributed by atoms with Crippen molar-refractivity contribution in [3.05, 3.63) is 0 Å². The molecule has 1 heterocycles. The van der Waals surface area contributed by atoms with E-state index in [-0.39, 0.29) is 0 Å². The van der Waals surface area contributed by atoms with Gasteiger partial charge >= 0.3 is 0 Å². The number of carbonyl (C=O) groups is 1. The molecule has 0 aliphatic carbocycles. The topological polar surface area (TPSA) is 58.8 Å². The second-order valence-corrected chi connectivity index (χ2v) is 4.20. The fraction of sp³-hybridized carbons (Fsp3) is 0.900. The van der Waals surface area contributed by atoms with Crippen LogP contribution in [0.1, 0.15) is 13.3 Å². The maximum absolute atomic E-state index is 11.4. The van der Waals surface area contributed by atoms with Crippen molar-refractivity contribution in [3.8, 4) is 0 Å². The summed E-state index contributed by atoms with van der Waals surface area (Å²) in [7, 11) is 3.61. The molecule has 1 fully saturated rings. The molecule has 1 aliphatic rings. The van der Waals surface area contributed by atoms with Crippen molar-refractivity contribution < 1.29 is 9.53 Å². The Morgan fingerprint density at radius 3 is 2.53 bits per heavy atom. The molecule has 1 rings (SSSR count). The van der Waals surface area contributed by atoms with Crippen LogP contribution in [0.4, 0.5) is 0 Å². The lowest BCUT2D eigenvalue weighted by Crippen LogP contribution is -2.57. The first kappa shape index (κ1) is 12.4. The monoisotopic (exact) mass is 215 g/mol. The SMILES string of the molecule is COC(C)(C(N)=O)N1CCCN(C)CC1. The zero-order chi connectivity index (χ0) is 11.5. The van der Waals surface area contributed by atoms with Crippen LogP contribution in [0.15, 0.2) is 0 Å². The van der Waals surface area contributed by atoms with Crippen LogP contribution in [0, 0.1) is 0 Å². The molecule has 0 aromatic carbocycles. The molecule has 0 bridgehead atoms. The number of nitrogens with two attached hydrogens (primary N) is 1. The van der Waals surface area contributed by atoms with Crippen LogP contribution in [0.2, 0.25) is 0 Å². The van der Waals surface area contributed by atoms with Crippen LogP contribution in [0.5, 0.6) is 0 Å². The Morgan fingerprint density at radius 1 is 1.33 bits per heavy atom. The van der Waals surface area contributed by atoms with Gasteiger partial charge in [0.2, 0.25) is 0 Å². The first-order chi connectivity index (χ1) is 7.00. The van der Waals surface area contributed by atoms with E-state index < -0.39 is 11.6 Å². The van der Waals surface area contributed by atoms with Crippen molar-refractivity contribution in [2.75, 3.05) is 40.3 Å². The molecule has 1 saturated heterocycles. The van der Waals surface area contributed by atoms with Crippen molar-refractivity contribution in [1.82, 2.24) is 9.80 Å². The number of methoxy groups -OCH3 is 1. The van der Waals surface area contributed by atoms with Gasteiger partial charge in [0.25, 0.3) is 5.91 Å². The number of ether oxygens (including phenoxy) is 1. The molecule has 1 aliphatic heterocycles. The predicted molar refractivity (Wildman–Crippen MR) is 58.3 cm³/mol. The summed E-state index contributed by atoms with van der Waals surface area (Å²) in [6.45, 7) is 5.38. The molecule has 88 valence electrons. The molecule has 0 radical (unpaired) electrons. The van der Waals surface area contributed by atoms with Crippen molar-refractivity contribution in [1.29, 1.82) is 0 Å². The van der Waals surface area contributed by atoms with Gasteiger partial charge in [0.1, 0.15) is 0 Å². The average Bonchev–Trinajstić information content (AvgIpc) is 2.41. The van der Waals surface area contributed by atoms with E-state index in [1.54, 1.807) is 6.92 Å². The largest absolute Gasteiger partial charge is 0.366 e. The highest BCUT2D eigenvalue weighted by Crippen LogP contribution is 2.17. The van der Waals surface area contributed by atoms with Crippen LogP contribution in [0.25, 0.3) is 0 Å². The fourth-order valence-electron chi connectivity index (χ4n) is 1.86. The molecule has 15 heavy (non-hydrogen) atoms. The minimum atomic E-state index is -0.967. The van der Waals surface area contributed by atoms with Gasteiger partial charge in [-0.3, -0.25) is 9.69 Å². The number of rotatable bonds is 3. The van der Waals surface area contributed by atoms with Gasteiger partial charge in [-0.05, 0) is 26.9 Å². The Balaban J connectivity index is 2.72. The van der Waals surface area contributed by atoms with E-state index in [0.717, 1.165) is 32.6 Å². The second-order valence-electron chi connectivity index (χ2n) is 4.20. The van der Waals surface area contributed by atoms with Gasteiger partial charge in [0, 0.05) is 26.7 Å². The summed E-state index contributed by atoms with van der Waals surface area (Å²) in [6.07, 6.45) is 1.03. The van der Waals surface area contributed by atoms with E-state index >= 15 is 0 Å². The summed E-state index contributed by atoms with van der Waals surface area (Å²) in [5.41, 5.74) is 4.41. The van der Waals surface area contributed by atoms with Crippen LogP contribution in [-0.4, -0.2) is 61.8 Å². The molecule has 0 saturated carbocycles. The maximum atomic E-state index is 11.4. The number of primary amides is 1. The van der Waals surface area contributed by atoms with Gasteiger partial charge < -0.3 is 15.4 Å². The van der Waals surface area contributed by atoms with E-state index in [1.807, 2.05) is 4.90 Å². The first-order valence-corrected chi connectivity index (χ1v) is 5.29. The Bertz CT molecular complexity index is 235. The molecule has 5 nitrogen and oxygen atoms in total. The first-order valence-electron chi connectivity index (χ1n) is 5.29. The Morgan fingerprint density at radius 2 is 2.00 bits per heavy atom. The highest BCUT2D eigenvalue weighted by molar-refractivity contribution is 5.82. The van der Waals surface area contributed by atoms with Gasteiger partial charge in [-0.2, -0.15) is 0 Å². The van der Waals surface area contributed by atoms with Crippen LogP contribution >= 0.6 is 0 Å². The van der Waals surface area contributed by atoms with Gasteiger partial charge in [-0.25, -0.2) is 0 Å². The minimum Gasteiger partial charge on any atom is -0.366 e. The van der Waals surface area contributed by atoms with Crippen LogP contribution in [0.3, 0.4) is 0 Å². The second kappa shape index (κ2) is 4.92. The van der Waals surface area contributed by atoms with E-state index in [0.29, 0.717) is 0 Å². The van der Waals surface area contributed by atoms with Crippen molar-refractivity contribution in [2.24, 2.45) is 5.73 Å². The van der Waals surface area contributed by atoms with Gasteiger partial charge in [-0.15, -0.1) is 0 Å². The normalized spacial score (nSPS) is 24.5. The molecule has 0 spiro atoms. The number of amides is 1. The number of hydrogen-bond donors (Lipinski definition) is 1. The van der Waals surface area contributed by atoms with E-state index in [2.05, 4.69) is 11.9 Å². The molecule has 2 N–H and O–H groups in total. The quantitative estimate of drug-likeness (QED) is 0.687. The zero-order valence-corrected chi connectivity index (χ0v) is 9.82. The summed E-state index contributed by atoms with van der Waals surface area (Å²) in [4.78, 5) is 15.6. The Hall–Kier alpha value is -0.650. The van der Waals surface area contributed by atoms with Crippen LogP contribution < -0.4 is 5.73 Å². The fourth-order valence-corrected chi connectivity index (χ4v) is 1.86. The lowest BCUT2D eigenvalue weighted by Gasteiger charge is -2.36. The van der Waals surface area contributed by atoms with E-state index in [1.165, 1.54) is 7.11 Å². The number of carbonyl (C=O) groups excluding carboxylic acids is 1. The minimum absolute atomic E-state index is 0.422. The number of hydrogen-bond acceptors (Lipinski definition) is 4. The summed E-state index contributed by atoms with van der Waals surface area (Å²) >= 11 is 0. The maximum Gasteiger partial charge on any atom is 0.264 e. The lowest BCUT2D eigenvalue weighted by atomic mass is 10.2. The summed E-state index contributed by atoms with van der Waals surface area (Å²) < 4.78 is 5.26. The Labute approximate surface area is 91.2 Å². The van der Waals surface area contributed by atoms with Crippen molar-refractivity contribution in [2.45, 2.75) is 19.1 Å². The summed E-state index contributed by atoms with van der Waals surface area (Å²) in [5.74, 6) is -0.422. The zero-order valence-electron chi connectivity index (χ0n) is 9.82. The summed E-state index contributed by atoms with van der Waals surface area (Å²) in [6, 6.07) is 0. The molecule has 0 aromatic rings. The van der Waals surface area contributed by atoms with Gasteiger partial charge in [-0.1, -0.05) is 0 Å². The third kappa shape index (κ3) is 2.68. The third-order valence-electron chi connectivity index (χ3n) is 3.18. The highest BCUT2D eigenvalue weighted by Gasteiger charge is 2.38. The third-order valence-corrected chi connectivity index (χ3v) is 3.18. The average molecular weight is 215 g/mol. The Kier molecular flexibility index (Phi) is 4.07. The highest BCUT2D eigenvalue weighted by atomic mass is 16.5. The molecule has 1 amide bonds. The number of likely N-dealkylation sites (N-methyl/N-ethyl adjacent to an activating group) is 1. The number of nitrogens with zero attached hydrogens (tertiary/aromatic N) is 2. The molecule has 1 unspecified atom stereocenters. The smallest absolute Gasteiger partial charge is 0.264 e. The van der Waals surface area contributed by atoms with Gasteiger partial charge in [0.05, 0.1) is 0 Å². The van der Waals surface area contributed by atoms with E-state index in [4.69, 9.17) is 10.5 Å². The molecular weight excluding hydrogens is 194 g/mol. The molecule has 1 atom stereocenters. The van der Waals surface area contributed by atoms with Crippen molar-refractivity contribution >= 4 is 5.91 Å². The predicted octanol–water partition coefficient (Wildman–Crippen LogP) is -0.528. The van der Waals surface area contributed by atoms with Crippen molar-refractivity contribution in [3.63, 3.8) is 0 Å². The molecular formula is C10H21N3O2. The molecule has 0 aromatic heterocycles. The van der Waals surface area contributed by atoms with Gasteiger partial charge in [0.15, 0.2) is 5.72 Å². The standard InChI is InChI=1S/C10H21N3O2/c1-10(15-3,9(11)14)13-6-4-5-12(2)7-8-13/h4-8H2,1-3H3,(H2,11,14). The molecule has 5 heteroatoms. The van der Waals surface area contributed by atoms with E-state index in [9.17, 15) is 4.79 Å². The van der Waals surface area contributed by atoms with Crippen LogP contribution in [-0.2, 0) is 9.53 Å². The lowest BCUT2D eigenvalue weighted by molar-refractivity contribution is -0.163. The summed E-state index contributed by atoms with van der Waals surface area (Å²) in [5, 5.41) is 0.